The number of rotatable bonds is 1. The first-order valence-electron chi connectivity index (χ1n) is 4.20. The van der Waals surface area contributed by atoms with Crippen molar-refractivity contribution in [3.8, 4) is 5.75 Å². The molecule has 0 unspecified atom stereocenters. The Kier molecular flexibility index (Phi) is 1.89. The van der Waals surface area contributed by atoms with Crippen LogP contribution < -0.4 is 16.2 Å². The normalized spacial score (nSPS) is 10.4. The maximum atomic E-state index is 5.80. The molecular formula is C10H11N3O. The predicted molar refractivity (Wildman–Crippen MR) is 57.1 cm³/mol. The lowest BCUT2D eigenvalue weighted by Gasteiger charge is -2.05. The van der Waals surface area contributed by atoms with Gasteiger partial charge in [-0.2, -0.15) is 0 Å². The van der Waals surface area contributed by atoms with Crippen LogP contribution in [0.1, 0.15) is 0 Å². The zero-order chi connectivity index (χ0) is 10.1. The van der Waals surface area contributed by atoms with Gasteiger partial charge in [0, 0.05) is 11.5 Å². The molecule has 0 saturated heterocycles. The van der Waals surface area contributed by atoms with Crippen LogP contribution >= 0.6 is 0 Å². The number of hydrogen-bond acceptors (Lipinski definition) is 4. The minimum atomic E-state index is 0.502. The Balaban J connectivity index is 2.74. The van der Waals surface area contributed by atoms with Gasteiger partial charge in [-0.3, -0.25) is 4.98 Å². The second kappa shape index (κ2) is 3.06. The Labute approximate surface area is 81.5 Å². The van der Waals surface area contributed by atoms with Gasteiger partial charge in [-0.05, 0) is 12.1 Å². The molecule has 0 atom stereocenters. The van der Waals surface area contributed by atoms with E-state index in [-0.39, 0.29) is 0 Å². The summed E-state index contributed by atoms with van der Waals surface area (Å²) in [5.74, 6) is 0.758. The van der Waals surface area contributed by atoms with Crippen molar-refractivity contribution in [2.45, 2.75) is 0 Å². The van der Waals surface area contributed by atoms with Gasteiger partial charge < -0.3 is 16.2 Å². The summed E-state index contributed by atoms with van der Waals surface area (Å²) in [5, 5.41) is 0.853. The van der Waals surface area contributed by atoms with E-state index in [9.17, 15) is 0 Å². The standard InChI is InChI=1S/C10H11N3O/c1-14-6-2-3-7-9(4-6)13-5-8(11)10(7)12/h2-5H,11H2,1H3,(H2,12,13). The van der Waals surface area contributed by atoms with E-state index in [1.165, 1.54) is 0 Å². The highest BCUT2D eigenvalue weighted by atomic mass is 16.5. The van der Waals surface area contributed by atoms with E-state index in [2.05, 4.69) is 4.98 Å². The van der Waals surface area contributed by atoms with Crippen molar-refractivity contribution in [1.29, 1.82) is 0 Å². The van der Waals surface area contributed by atoms with Crippen molar-refractivity contribution in [3.05, 3.63) is 24.4 Å². The molecule has 4 nitrogen and oxygen atoms in total. The number of fused-ring (bicyclic) bond motifs is 1. The smallest absolute Gasteiger partial charge is 0.121 e. The van der Waals surface area contributed by atoms with E-state index in [1.54, 1.807) is 13.3 Å². The number of nitrogens with zero attached hydrogens (tertiary/aromatic N) is 1. The van der Waals surface area contributed by atoms with Gasteiger partial charge in [0.05, 0.1) is 30.2 Å². The van der Waals surface area contributed by atoms with Crippen LogP contribution in [0.2, 0.25) is 0 Å². The second-order valence-electron chi connectivity index (χ2n) is 3.01. The van der Waals surface area contributed by atoms with E-state index in [0.717, 1.165) is 16.7 Å². The average molecular weight is 189 g/mol. The lowest BCUT2D eigenvalue weighted by Crippen LogP contribution is -1.97. The molecule has 1 heterocycles. The Bertz CT molecular complexity index is 482. The van der Waals surface area contributed by atoms with Crippen molar-refractivity contribution in [2.75, 3.05) is 18.6 Å². The molecule has 0 aliphatic carbocycles. The Morgan fingerprint density at radius 1 is 1.29 bits per heavy atom. The third-order valence-electron chi connectivity index (χ3n) is 2.15. The van der Waals surface area contributed by atoms with Crippen molar-refractivity contribution in [2.24, 2.45) is 0 Å². The second-order valence-corrected chi connectivity index (χ2v) is 3.01. The molecule has 4 N–H and O–H groups in total. The summed E-state index contributed by atoms with van der Waals surface area (Å²) in [6, 6.07) is 5.51. The molecule has 1 aromatic heterocycles. The summed E-state index contributed by atoms with van der Waals surface area (Å²) in [6.07, 6.45) is 1.55. The topological polar surface area (TPSA) is 74.2 Å². The highest BCUT2D eigenvalue weighted by molar-refractivity contribution is 5.96. The molecule has 2 aromatic rings. The van der Waals surface area contributed by atoms with Crippen LogP contribution in [-0.4, -0.2) is 12.1 Å². The first-order chi connectivity index (χ1) is 6.72. The molecule has 0 bridgehead atoms. The van der Waals surface area contributed by atoms with Crippen molar-refractivity contribution in [3.63, 3.8) is 0 Å². The number of hydrogen-bond donors (Lipinski definition) is 2. The van der Waals surface area contributed by atoms with E-state index in [1.807, 2.05) is 18.2 Å². The van der Waals surface area contributed by atoms with Crippen LogP contribution in [0.15, 0.2) is 24.4 Å². The van der Waals surface area contributed by atoms with Crippen molar-refractivity contribution >= 4 is 22.3 Å². The number of pyridine rings is 1. The van der Waals surface area contributed by atoms with Gasteiger partial charge in [-0.15, -0.1) is 0 Å². The molecule has 4 heteroatoms. The van der Waals surface area contributed by atoms with Gasteiger partial charge in [-0.1, -0.05) is 0 Å². The monoisotopic (exact) mass is 189 g/mol. The number of nitrogens with two attached hydrogens (primary N) is 2. The Hall–Kier alpha value is -1.97. The maximum absolute atomic E-state index is 5.80. The third kappa shape index (κ3) is 1.21. The van der Waals surface area contributed by atoms with Crippen LogP contribution in [0.5, 0.6) is 5.75 Å². The number of ether oxygens (including phenoxy) is 1. The van der Waals surface area contributed by atoms with E-state index >= 15 is 0 Å². The number of anilines is 2. The molecule has 0 aliphatic heterocycles. The number of methoxy groups -OCH3 is 1. The molecule has 0 amide bonds. The number of aromatic nitrogens is 1. The number of nitrogen functional groups attached to an aromatic ring is 2. The highest BCUT2D eigenvalue weighted by Gasteiger charge is 2.03. The van der Waals surface area contributed by atoms with Gasteiger partial charge in [0.2, 0.25) is 0 Å². The first-order valence-corrected chi connectivity index (χ1v) is 4.20. The van der Waals surface area contributed by atoms with E-state index < -0.39 is 0 Å². The van der Waals surface area contributed by atoms with Gasteiger partial charge >= 0.3 is 0 Å². The summed E-state index contributed by atoms with van der Waals surface area (Å²) in [5.41, 5.74) is 13.3. The minimum absolute atomic E-state index is 0.502. The zero-order valence-electron chi connectivity index (χ0n) is 7.82. The molecule has 0 saturated carbocycles. The summed E-state index contributed by atoms with van der Waals surface area (Å²) < 4.78 is 5.08. The fourth-order valence-corrected chi connectivity index (χ4v) is 1.34. The molecule has 0 radical (unpaired) electrons. The third-order valence-corrected chi connectivity index (χ3v) is 2.15. The Morgan fingerprint density at radius 2 is 2.07 bits per heavy atom. The Morgan fingerprint density at radius 3 is 2.79 bits per heavy atom. The molecule has 0 fully saturated rings. The maximum Gasteiger partial charge on any atom is 0.121 e. The molecular weight excluding hydrogens is 178 g/mol. The van der Waals surface area contributed by atoms with Gasteiger partial charge in [0.1, 0.15) is 5.75 Å². The molecule has 1 aromatic carbocycles. The van der Waals surface area contributed by atoms with Gasteiger partial charge in [0.15, 0.2) is 0 Å². The van der Waals surface area contributed by atoms with Crippen LogP contribution in [0.3, 0.4) is 0 Å². The van der Waals surface area contributed by atoms with Crippen molar-refractivity contribution < 1.29 is 4.74 Å². The summed E-state index contributed by atoms with van der Waals surface area (Å²) in [7, 11) is 1.61. The highest BCUT2D eigenvalue weighted by Crippen LogP contribution is 2.27. The van der Waals surface area contributed by atoms with Crippen LogP contribution in [0.4, 0.5) is 11.4 Å². The molecule has 14 heavy (non-hydrogen) atoms. The quantitative estimate of drug-likeness (QED) is 0.711. The summed E-state index contributed by atoms with van der Waals surface area (Å²) >= 11 is 0. The zero-order valence-corrected chi connectivity index (χ0v) is 7.82. The summed E-state index contributed by atoms with van der Waals surface area (Å²) in [6.45, 7) is 0. The fraction of sp³-hybridized carbons (Fsp3) is 0.100. The predicted octanol–water partition coefficient (Wildman–Crippen LogP) is 1.41. The molecule has 0 aliphatic rings. The summed E-state index contributed by atoms with van der Waals surface area (Å²) in [4.78, 5) is 4.17. The molecule has 2 rings (SSSR count). The van der Waals surface area contributed by atoms with Crippen LogP contribution in [0.25, 0.3) is 10.9 Å². The number of benzene rings is 1. The van der Waals surface area contributed by atoms with Crippen molar-refractivity contribution in [1.82, 2.24) is 4.98 Å². The lowest BCUT2D eigenvalue weighted by molar-refractivity contribution is 0.415. The van der Waals surface area contributed by atoms with Gasteiger partial charge in [-0.25, -0.2) is 0 Å². The first kappa shape index (κ1) is 8.62. The van der Waals surface area contributed by atoms with E-state index in [4.69, 9.17) is 16.2 Å². The van der Waals surface area contributed by atoms with Gasteiger partial charge in [0.25, 0.3) is 0 Å². The largest absolute Gasteiger partial charge is 0.497 e. The average Bonchev–Trinajstić information content (AvgIpc) is 2.23. The van der Waals surface area contributed by atoms with Crippen LogP contribution in [0, 0.1) is 0 Å². The lowest BCUT2D eigenvalue weighted by atomic mass is 10.1. The molecule has 72 valence electrons. The minimum Gasteiger partial charge on any atom is -0.497 e. The SMILES string of the molecule is COc1ccc2c(N)c(N)cnc2c1. The molecule has 0 spiro atoms. The fourth-order valence-electron chi connectivity index (χ4n) is 1.34. The van der Waals surface area contributed by atoms with Crippen LogP contribution in [-0.2, 0) is 0 Å². The van der Waals surface area contributed by atoms with E-state index in [0.29, 0.717) is 11.4 Å².